The maximum absolute atomic E-state index is 5.85. The van der Waals surface area contributed by atoms with Gasteiger partial charge in [0, 0.05) is 18.8 Å². The first-order chi connectivity index (χ1) is 7.77. The molecule has 16 heavy (non-hydrogen) atoms. The molecule has 1 aliphatic carbocycles. The molecule has 0 aromatic carbocycles. The van der Waals surface area contributed by atoms with Crippen LogP contribution in [-0.4, -0.2) is 22.3 Å². The maximum atomic E-state index is 5.85. The molecule has 0 unspecified atom stereocenters. The molecule has 0 spiro atoms. The normalized spacial score (nSPS) is 19.1. The van der Waals surface area contributed by atoms with E-state index >= 15 is 0 Å². The van der Waals surface area contributed by atoms with E-state index in [1.807, 2.05) is 19.4 Å². The monoisotopic (exact) mass is 223 g/mol. The summed E-state index contributed by atoms with van der Waals surface area (Å²) < 4.78 is 7.90. The summed E-state index contributed by atoms with van der Waals surface area (Å²) in [5.74, 6) is 0. The van der Waals surface area contributed by atoms with Gasteiger partial charge in [0.2, 0.25) is 0 Å². The number of rotatable bonds is 5. The molecular formula is C12H21N3O. The van der Waals surface area contributed by atoms with Crippen LogP contribution in [0.4, 0.5) is 0 Å². The lowest BCUT2D eigenvalue weighted by Crippen LogP contribution is -2.16. The van der Waals surface area contributed by atoms with E-state index in [0.717, 1.165) is 18.8 Å². The Balaban J connectivity index is 1.78. The lowest BCUT2D eigenvalue weighted by molar-refractivity contribution is 0.0525. The van der Waals surface area contributed by atoms with Crippen molar-refractivity contribution in [2.45, 2.75) is 51.3 Å². The number of hydrogen-bond acceptors (Lipinski definition) is 3. The number of aromatic nitrogens is 2. The summed E-state index contributed by atoms with van der Waals surface area (Å²) in [5.41, 5.74) is 6.93. The van der Waals surface area contributed by atoms with Gasteiger partial charge in [0.25, 0.3) is 0 Å². The zero-order valence-electron chi connectivity index (χ0n) is 9.93. The lowest BCUT2D eigenvalue weighted by atomic mass is 10.3. The quantitative estimate of drug-likeness (QED) is 0.829. The van der Waals surface area contributed by atoms with Crippen LogP contribution in [0.1, 0.15) is 44.3 Å². The van der Waals surface area contributed by atoms with E-state index in [0.29, 0.717) is 6.10 Å². The molecule has 4 heteroatoms. The third kappa shape index (κ3) is 2.83. The highest BCUT2D eigenvalue weighted by Crippen LogP contribution is 2.20. The van der Waals surface area contributed by atoms with Gasteiger partial charge in [-0.2, -0.15) is 0 Å². The third-order valence-electron chi connectivity index (χ3n) is 3.20. The fourth-order valence-electron chi connectivity index (χ4n) is 2.27. The molecule has 0 aliphatic heterocycles. The van der Waals surface area contributed by atoms with Gasteiger partial charge in [-0.15, -0.1) is 0 Å². The highest BCUT2D eigenvalue weighted by molar-refractivity contribution is 5.02. The summed E-state index contributed by atoms with van der Waals surface area (Å²) in [4.78, 5) is 4.12. The van der Waals surface area contributed by atoms with Crippen LogP contribution in [0.15, 0.2) is 12.5 Å². The summed E-state index contributed by atoms with van der Waals surface area (Å²) in [6.07, 6.45) is 9.24. The van der Waals surface area contributed by atoms with Gasteiger partial charge in [-0.25, -0.2) is 4.98 Å². The van der Waals surface area contributed by atoms with E-state index < -0.39 is 0 Å². The zero-order chi connectivity index (χ0) is 11.4. The minimum Gasteiger partial charge on any atom is -0.376 e. The highest BCUT2D eigenvalue weighted by Gasteiger charge is 2.15. The van der Waals surface area contributed by atoms with Crippen LogP contribution in [0.2, 0.25) is 0 Å². The zero-order valence-corrected chi connectivity index (χ0v) is 9.93. The predicted octanol–water partition coefficient (Wildman–Crippen LogP) is 1.86. The Bertz CT molecular complexity index is 316. The number of nitrogens with two attached hydrogens (primary N) is 1. The van der Waals surface area contributed by atoms with Crippen molar-refractivity contribution in [3.8, 4) is 0 Å². The van der Waals surface area contributed by atoms with Gasteiger partial charge in [0.1, 0.15) is 0 Å². The molecular weight excluding hydrogens is 202 g/mol. The van der Waals surface area contributed by atoms with Crippen LogP contribution in [0.3, 0.4) is 0 Å². The molecule has 1 aliphatic rings. The second-order valence-corrected chi connectivity index (χ2v) is 4.58. The molecule has 4 nitrogen and oxygen atoms in total. The van der Waals surface area contributed by atoms with Crippen molar-refractivity contribution in [1.29, 1.82) is 0 Å². The van der Waals surface area contributed by atoms with E-state index in [-0.39, 0.29) is 6.04 Å². The number of ether oxygens (including phenoxy) is 1. The molecule has 1 aromatic rings. The van der Waals surface area contributed by atoms with Crippen LogP contribution < -0.4 is 5.73 Å². The second-order valence-electron chi connectivity index (χ2n) is 4.58. The fraction of sp³-hybridized carbons (Fsp3) is 0.750. The Kier molecular flexibility index (Phi) is 3.96. The number of hydrogen-bond donors (Lipinski definition) is 1. The molecule has 0 saturated heterocycles. The molecule has 1 atom stereocenters. The van der Waals surface area contributed by atoms with Gasteiger partial charge in [-0.05, 0) is 19.8 Å². The molecule has 2 rings (SSSR count). The predicted molar refractivity (Wildman–Crippen MR) is 63.0 cm³/mol. The van der Waals surface area contributed by atoms with Crippen molar-refractivity contribution in [2.24, 2.45) is 5.73 Å². The van der Waals surface area contributed by atoms with Crippen molar-refractivity contribution in [3.63, 3.8) is 0 Å². The fourth-order valence-corrected chi connectivity index (χ4v) is 2.27. The van der Waals surface area contributed by atoms with Crippen LogP contribution in [-0.2, 0) is 11.3 Å². The Morgan fingerprint density at radius 1 is 1.56 bits per heavy atom. The van der Waals surface area contributed by atoms with Gasteiger partial charge in [0.05, 0.1) is 24.7 Å². The first-order valence-corrected chi connectivity index (χ1v) is 6.14. The lowest BCUT2D eigenvalue weighted by Gasteiger charge is -2.14. The second kappa shape index (κ2) is 5.46. The largest absolute Gasteiger partial charge is 0.376 e. The molecule has 1 fully saturated rings. The average Bonchev–Trinajstić information content (AvgIpc) is 2.87. The van der Waals surface area contributed by atoms with Crippen molar-refractivity contribution in [1.82, 2.24) is 9.55 Å². The average molecular weight is 223 g/mol. The van der Waals surface area contributed by atoms with Crippen molar-refractivity contribution >= 4 is 0 Å². The molecule has 1 saturated carbocycles. The summed E-state index contributed by atoms with van der Waals surface area (Å²) in [6.45, 7) is 3.60. The van der Waals surface area contributed by atoms with E-state index in [2.05, 4.69) is 9.55 Å². The van der Waals surface area contributed by atoms with Gasteiger partial charge < -0.3 is 15.0 Å². The summed E-state index contributed by atoms with van der Waals surface area (Å²) in [5, 5.41) is 0. The summed E-state index contributed by atoms with van der Waals surface area (Å²) >= 11 is 0. The molecule has 0 bridgehead atoms. The van der Waals surface area contributed by atoms with Gasteiger partial charge in [-0.1, -0.05) is 12.8 Å². The van der Waals surface area contributed by atoms with Crippen LogP contribution in [0, 0.1) is 0 Å². The van der Waals surface area contributed by atoms with Crippen molar-refractivity contribution in [3.05, 3.63) is 18.2 Å². The molecule has 0 radical (unpaired) electrons. The standard InChI is InChI=1S/C12H21N3O/c1-10(13)12-8-14-9-15(12)6-7-16-11-4-2-3-5-11/h8-11H,2-7,13H2,1H3/t10-/m0/s1. The topological polar surface area (TPSA) is 53.1 Å². The van der Waals surface area contributed by atoms with Gasteiger partial charge in [0.15, 0.2) is 0 Å². The van der Waals surface area contributed by atoms with E-state index in [9.17, 15) is 0 Å². The van der Waals surface area contributed by atoms with E-state index in [1.165, 1.54) is 25.7 Å². The summed E-state index contributed by atoms with van der Waals surface area (Å²) in [7, 11) is 0. The van der Waals surface area contributed by atoms with Crippen LogP contribution in [0.25, 0.3) is 0 Å². The molecule has 90 valence electrons. The van der Waals surface area contributed by atoms with E-state index in [4.69, 9.17) is 10.5 Å². The minimum atomic E-state index is 0.0361. The molecule has 2 N–H and O–H groups in total. The third-order valence-corrected chi connectivity index (χ3v) is 3.20. The van der Waals surface area contributed by atoms with Crippen molar-refractivity contribution < 1.29 is 4.74 Å². The Morgan fingerprint density at radius 2 is 2.31 bits per heavy atom. The van der Waals surface area contributed by atoms with Gasteiger partial charge >= 0.3 is 0 Å². The number of imidazole rings is 1. The minimum absolute atomic E-state index is 0.0361. The molecule has 1 heterocycles. The first kappa shape index (κ1) is 11.6. The van der Waals surface area contributed by atoms with Crippen LogP contribution in [0.5, 0.6) is 0 Å². The molecule has 0 amide bonds. The first-order valence-electron chi connectivity index (χ1n) is 6.14. The molecule has 1 aromatic heterocycles. The smallest absolute Gasteiger partial charge is 0.0949 e. The Hall–Kier alpha value is -0.870. The van der Waals surface area contributed by atoms with Gasteiger partial charge in [-0.3, -0.25) is 0 Å². The highest BCUT2D eigenvalue weighted by atomic mass is 16.5. The van der Waals surface area contributed by atoms with Crippen LogP contribution >= 0.6 is 0 Å². The Labute approximate surface area is 96.8 Å². The SMILES string of the molecule is C[C@H](N)c1cncn1CCOC1CCCC1. The van der Waals surface area contributed by atoms with Crippen molar-refractivity contribution in [2.75, 3.05) is 6.61 Å². The number of nitrogens with zero attached hydrogens (tertiary/aromatic N) is 2. The van der Waals surface area contributed by atoms with E-state index in [1.54, 1.807) is 0 Å². The maximum Gasteiger partial charge on any atom is 0.0949 e. The Morgan fingerprint density at radius 3 is 3.00 bits per heavy atom. The summed E-state index contributed by atoms with van der Waals surface area (Å²) in [6, 6.07) is 0.0361.